The van der Waals surface area contributed by atoms with Gasteiger partial charge in [-0.2, -0.15) is 4.39 Å². The van der Waals surface area contributed by atoms with E-state index in [9.17, 15) is 22.4 Å². The molecule has 0 amide bonds. The third-order valence-corrected chi connectivity index (χ3v) is 6.41. The largest absolute Gasteiger partial charge is 0.478 e. The molecule has 3 heterocycles. The van der Waals surface area contributed by atoms with Gasteiger partial charge in [0.15, 0.2) is 12.0 Å². The van der Waals surface area contributed by atoms with E-state index in [1.54, 1.807) is 0 Å². The summed E-state index contributed by atoms with van der Waals surface area (Å²) in [6, 6.07) is 3.87. The number of pyridine rings is 2. The third kappa shape index (κ3) is 4.84. The molecule has 0 spiro atoms. The van der Waals surface area contributed by atoms with Crippen LogP contribution in [0.1, 0.15) is 17.4 Å². The number of aromatic nitrogens is 3. The summed E-state index contributed by atoms with van der Waals surface area (Å²) >= 11 is 0. The van der Waals surface area contributed by atoms with E-state index in [2.05, 4.69) is 15.3 Å². The Bertz CT molecular complexity index is 1390. The Morgan fingerprint density at radius 1 is 1.24 bits per heavy atom. The number of aliphatic carboxylic acids is 1. The number of nitrogens with one attached hydrogen (secondary N) is 1. The molecule has 3 aromatic rings. The summed E-state index contributed by atoms with van der Waals surface area (Å²) in [7, 11) is -3.21. The second-order valence-corrected chi connectivity index (χ2v) is 8.59. The molecule has 0 aliphatic rings. The lowest BCUT2D eigenvalue weighted by molar-refractivity contribution is -0.145. The Morgan fingerprint density at radius 3 is 2.59 bits per heavy atom. The van der Waals surface area contributed by atoms with Crippen LogP contribution >= 0.6 is 0 Å². The molecule has 0 saturated heterocycles. The van der Waals surface area contributed by atoms with Crippen LogP contribution in [0.3, 0.4) is 0 Å². The molecule has 3 rings (SSSR count). The predicted molar refractivity (Wildman–Crippen MR) is 114 cm³/mol. The van der Waals surface area contributed by atoms with Gasteiger partial charge in [0.1, 0.15) is 10.6 Å². The van der Waals surface area contributed by atoms with Gasteiger partial charge in [-0.3, -0.25) is 10.3 Å². The lowest BCUT2D eigenvalue weighted by atomic mass is 10.1. The number of carbonyl (C=O) groups is 2. The SMILES string of the molecule is CNC(OC(=O)/C=C/C(=O)O)c1cn(S(=O)(=O)c2cnccc2C)c(-c2cccnc2F)c1F. The number of carboxylic acid groups (broad SMARTS) is 1. The molecule has 0 aliphatic heterocycles. The van der Waals surface area contributed by atoms with E-state index in [4.69, 9.17) is 9.84 Å². The molecule has 13 heteroatoms. The zero-order chi connectivity index (χ0) is 25.0. The number of ether oxygens (including phenoxy) is 1. The highest BCUT2D eigenvalue weighted by molar-refractivity contribution is 7.90. The van der Waals surface area contributed by atoms with Crippen molar-refractivity contribution < 1.29 is 36.6 Å². The van der Waals surface area contributed by atoms with Crippen molar-refractivity contribution in [2.75, 3.05) is 7.05 Å². The first-order chi connectivity index (χ1) is 16.1. The van der Waals surface area contributed by atoms with Gasteiger partial charge in [0, 0.05) is 36.9 Å². The summed E-state index contributed by atoms with van der Waals surface area (Å²) in [5, 5.41) is 11.1. The second-order valence-electron chi connectivity index (χ2n) is 6.81. The van der Waals surface area contributed by atoms with E-state index in [0.29, 0.717) is 21.7 Å². The van der Waals surface area contributed by atoms with Crippen LogP contribution in [-0.2, 0) is 24.3 Å². The van der Waals surface area contributed by atoms with Gasteiger partial charge in [-0.1, -0.05) is 0 Å². The molecular weight excluding hydrogens is 474 g/mol. The van der Waals surface area contributed by atoms with Gasteiger partial charge in [0.05, 0.1) is 11.1 Å². The van der Waals surface area contributed by atoms with Gasteiger partial charge in [-0.05, 0) is 37.7 Å². The van der Waals surface area contributed by atoms with Crippen LogP contribution in [0.4, 0.5) is 8.78 Å². The van der Waals surface area contributed by atoms with Gasteiger partial charge < -0.3 is 9.84 Å². The Morgan fingerprint density at radius 2 is 1.97 bits per heavy atom. The number of carbonyl (C=O) groups excluding carboxylic acids is 1. The molecule has 0 saturated carbocycles. The normalized spacial score (nSPS) is 12.6. The molecule has 1 atom stereocenters. The van der Waals surface area contributed by atoms with Crippen molar-refractivity contribution in [1.29, 1.82) is 0 Å². The average Bonchev–Trinajstić information content (AvgIpc) is 3.14. The van der Waals surface area contributed by atoms with Crippen LogP contribution < -0.4 is 5.32 Å². The highest BCUT2D eigenvalue weighted by atomic mass is 32.2. The number of esters is 1. The van der Waals surface area contributed by atoms with Crippen molar-refractivity contribution in [3.63, 3.8) is 0 Å². The van der Waals surface area contributed by atoms with E-state index in [-0.39, 0.29) is 4.90 Å². The first kappa shape index (κ1) is 24.7. The fourth-order valence-corrected chi connectivity index (χ4v) is 4.60. The van der Waals surface area contributed by atoms with Crippen molar-refractivity contribution in [1.82, 2.24) is 19.3 Å². The lowest BCUT2D eigenvalue weighted by Crippen LogP contribution is -2.23. The van der Waals surface area contributed by atoms with Crippen molar-refractivity contribution in [2.45, 2.75) is 18.0 Å². The van der Waals surface area contributed by atoms with Gasteiger partial charge >= 0.3 is 11.9 Å². The number of carboxylic acids is 1. The summed E-state index contributed by atoms with van der Waals surface area (Å²) in [5.74, 6) is -4.89. The highest BCUT2D eigenvalue weighted by Gasteiger charge is 2.32. The van der Waals surface area contributed by atoms with E-state index in [1.165, 1.54) is 32.3 Å². The van der Waals surface area contributed by atoms with Crippen LogP contribution in [0.5, 0.6) is 0 Å². The van der Waals surface area contributed by atoms with Crippen LogP contribution in [0, 0.1) is 18.7 Å². The highest BCUT2D eigenvalue weighted by Crippen LogP contribution is 2.35. The average molecular weight is 492 g/mol. The number of nitrogens with zero attached hydrogens (tertiary/aromatic N) is 3. The first-order valence-corrected chi connectivity index (χ1v) is 11.0. The van der Waals surface area contributed by atoms with Crippen LogP contribution in [-0.4, -0.2) is 46.5 Å². The van der Waals surface area contributed by atoms with Gasteiger partial charge in [0.25, 0.3) is 10.0 Å². The summed E-state index contributed by atoms with van der Waals surface area (Å²) in [6.07, 6.45) is 3.96. The van der Waals surface area contributed by atoms with E-state index < -0.39 is 56.8 Å². The second kappa shape index (κ2) is 9.89. The molecule has 0 aliphatic carbocycles. The standard InChI is InChI=1S/C21H18F2N4O6S/c1-12-7-9-25-10-15(12)34(31,32)27-11-14(21(24-2)33-17(30)6-5-16(28)29)18(22)19(27)13-4-3-8-26-20(13)23/h3-11,21,24H,1-2H3,(H,28,29)/b6-5+. The predicted octanol–water partition coefficient (Wildman–Crippen LogP) is 2.17. The molecule has 10 nitrogen and oxygen atoms in total. The number of hydrogen-bond acceptors (Lipinski definition) is 8. The van der Waals surface area contributed by atoms with Crippen molar-refractivity contribution in [3.8, 4) is 11.3 Å². The molecule has 178 valence electrons. The maximum Gasteiger partial charge on any atom is 0.332 e. The van der Waals surface area contributed by atoms with E-state index in [0.717, 1.165) is 24.7 Å². The molecule has 0 fully saturated rings. The molecule has 0 radical (unpaired) electrons. The van der Waals surface area contributed by atoms with E-state index in [1.807, 2.05) is 0 Å². The molecule has 0 bridgehead atoms. The summed E-state index contributed by atoms with van der Waals surface area (Å²) < 4.78 is 62.6. The zero-order valence-corrected chi connectivity index (χ0v) is 18.6. The van der Waals surface area contributed by atoms with Gasteiger partial charge in [-0.15, -0.1) is 0 Å². The molecule has 2 N–H and O–H groups in total. The number of hydrogen-bond donors (Lipinski definition) is 2. The first-order valence-electron chi connectivity index (χ1n) is 9.54. The third-order valence-electron chi connectivity index (χ3n) is 4.62. The minimum Gasteiger partial charge on any atom is -0.478 e. The quantitative estimate of drug-likeness (QED) is 0.209. The Labute approximate surface area is 192 Å². The maximum atomic E-state index is 15.7. The van der Waals surface area contributed by atoms with E-state index >= 15 is 4.39 Å². The van der Waals surface area contributed by atoms with Crippen LogP contribution in [0.15, 0.2) is 60.0 Å². The summed E-state index contributed by atoms with van der Waals surface area (Å²) in [5.41, 5.74) is -1.29. The Hall–Kier alpha value is -3.97. The minimum atomic E-state index is -4.50. The molecule has 1 unspecified atom stereocenters. The van der Waals surface area contributed by atoms with Crippen molar-refractivity contribution in [3.05, 3.63) is 78.0 Å². The maximum absolute atomic E-state index is 15.7. The number of aryl methyl sites for hydroxylation is 1. The van der Waals surface area contributed by atoms with Gasteiger partial charge in [-0.25, -0.2) is 31.4 Å². The monoisotopic (exact) mass is 492 g/mol. The smallest absolute Gasteiger partial charge is 0.332 e. The summed E-state index contributed by atoms with van der Waals surface area (Å²) in [4.78, 5) is 29.5. The molecular formula is C21H18F2N4O6S. The molecule has 34 heavy (non-hydrogen) atoms. The number of rotatable bonds is 8. The number of halogens is 2. The van der Waals surface area contributed by atoms with Gasteiger partial charge in [0.2, 0.25) is 5.95 Å². The fraction of sp³-hybridized carbons (Fsp3) is 0.143. The summed E-state index contributed by atoms with van der Waals surface area (Å²) in [6.45, 7) is 1.51. The Kier molecular flexibility index (Phi) is 7.17. The molecule has 0 aromatic carbocycles. The zero-order valence-electron chi connectivity index (χ0n) is 17.8. The minimum absolute atomic E-state index is 0.260. The Balaban J connectivity index is 2.23. The molecule has 3 aromatic heterocycles. The van der Waals surface area contributed by atoms with Crippen LogP contribution in [0.25, 0.3) is 11.3 Å². The topological polar surface area (TPSA) is 140 Å². The fourth-order valence-electron chi connectivity index (χ4n) is 3.05. The van der Waals surface area contributed by atoms with Crippen molar-refractivity contribution >= 4 is 22.0 Å². The van der Waals surface area contributed by atoms with Crippen molar-refractivity contribution in [2.24, 2.45) is 0 Å². The lowest BCUT2D eigenvalue weighted by Gasteiger charge is -2.15. The van der Waals surface area contributed by atoms with Crippen LogP contribution in [0.2, 0.25) is 0 Å².